The van der Waals surface area contributed by atoms with Gasteiger partial charge in [0.25, 0.3) is 0 Å². The Labute approximate surface area is 95.2 Å². The van der Waals surface area contributed by atoms with E-state index in [4.69, 9.17) is 15.1 Å². The molecule has 0 spiro atoms. The van der Waals surface area contributed by atoms with Crippen molar-refractivity contribution < 1.29 is 14.6 Å². The van der Waals surface area contributed by atoms with Gasteiger partial charge in [-0.25, -0.2) is 4.79 Å². The van der Waals surface area contributed by atoms with Crippen LogP contribution in [0.15, 0.2) is 22.7 Å². The smallest absolute Gasteiger partial charge is 0.344 e. The van der Waals surface area contributed by atoms with Gasteiger partial charge in [-0.15, -0.1) is 0 Å². The van der Waals surface area contributed by atoms with Gasteiger partial charge in [0.1, 0.15) is 11.8 Å². The molecule has 15 heavy (non-hydrogen) atoms. The first-order valence-corrected chi connectivity index (χ1v) is 4.93. The van der Waals surface area contributed by atoms with Crippen molar-refractivity contribution in [3.05, 3.63) is 28.2 Å². The largest absolute Gasteiger partial charge is 0.479 e. The van der Waals surface area contributed by atoms with E-state index in [1.165, 1.54) is 6.92 Å². The second kappa shape index (κ2) is 4.80. The molecule has 0 heterocycles. The van der Waals surface area contributed by atoms with Crippen LogP contribution in [0.4, 0.5) is 0 Å². The van der Waals surface area contributed by atoms with Crippen LogP contribution >= 0.6 is 15.9 Å². The summed E-state index contributed by atoms with van der Waals surface area (Å²) in [5, 5.41) is 17.4. The lowest BCUT2D eigenvalue weighted by molar-refractivity contribution is -0.144. The highest BCUT2D eigenvalue weighted by Crippen LogP contribution is 2.24. The highest BCUT2D eigenvalue weighted by Gasteiger charge is 2.14. The summed E-state index contributed by atoms with van der Waals surface area (Å²) >= 11 is 3.22. The summed E-state index contributed by atoms with van der Waals surface area (Å²) in [6, 6.07) is 6.75. The number of ether oxygens (including phenoxy) is 1. The summed E-state index contributed by atoms with van der Waals surface area (Å²) in [6.45, 7) is 1.41. The minimum Gasteiger partial charge on any atom is -0.479 e. The number of halogens is 1. The summed E-state index contributed by atoms with van der Waals surface area (Å²) < 4.78 is 5.86. The van der Waals surface area contributed by atoms with Gasteiger partial charge in [-0.3, -0.25) is 0 Å². The zero-order chi connectivity index (χ0) is 11.4. The molecule has 1 N–H and O–H groups in total. The molecular formula is C10H8BrNO3. The number of carboxylic acids is 1. The van der Waals surface area contributed by atoms with Gasteiger partial charge in [0.15, 0.2) is 6.10 Å². The van der Waals surface area contributed by atoms with Crippen LogP contribution in [0.25, 0.3) is 0 Å². The molecule has 5 heteroatoms. The molecule has 1 atom stereocenters. The Bertz CT molecular complexity index is 425. The number of rotatable bonds is 3. The number of hydrogen-bond acceptors (Lipinski definition) is 3. The number of carboxylic acid groups (broad SMARTS) is 1. The first-order valence-electron chi connectivity index (χ1n) is 4.13. The molecule has 1 aromatic carbocycles. The van der Waals surface area contributed by atoms with Gasteiger partial charge in [0, 0.05) is 4.47 Å². The molecule has 0 fully saturated rings. The van der Waals surface area contributed by atoms with Gasteiger partial charge in [0.2, 0.25) is 0 Å². The van der Waals surface area contributed by atoms with Gasteiger partial charge in [-0.05, 0) is 25.1 Å². The molecule has 0 radical (unpaired) electrons. The first kappa shape index (κ1) is 11.5. The van der Waals surface area contributed by atoms with E-state index in [1.807, 2.05) is 6.07 Å². The van der Waals surface area contributed by atoms with Gasteiger partial charge in [0.05, 0.1) is 5.56 Å². The van der Waals surface area contributed by atoms with Crippen LogP contribution in [0.3, 0.4) is 0 Å². The monoisotopic (exact) mass is 269 g/mol. The van der Waals surface area contributed by atoms with E-state index in [-0.39, 0.29) is 5.75 Å². The molecule has 1 rings (SSSR count). The Morgan fingerprint density at radius 1 is 1.67 bits per heavy atom. The van der Waals surface area contributed by atoms with E-state index in [0.717, 1.165) is 4.47 Å². The third-order valence-electron chi connectivity index (χ3n) is 1.72. The number of nitriles is 1. The number of carbonyl (C=O) groups is 1. The van der Waals surface area contributed by atoms with Crippen molar-refractivity contribution in [1.82, 2.24) is 0 Å². The van der Waals surface area contributed by atoms with E-state index >= 15 is 0 Å². The lowest BCUT2D eigenvalue weighted by atomic mass is 10.2. The molecule has 0 amide bonds. The predicted molar refractivity (Wildman–Crippen MR) is 56.6 cm³/mol. The minimum atomic E-state index is -1.07. The van der Waals surface area contributed by atoms with E-state index < -0.39 is 12.1 Å². The number of aliphatic carboxylic acids is 1. The van der Waals surface area contributed by atoms with Crippen molar-refractivity contribution in [3.8, 4) is 11.8 Å². The molecule has 1 unspecified atom stereocenters. The molecule has 78 valence electrons. The molecule has 0 saturated carbocycles. The summed E-state index contributed by atoms with van der Waals surface area (Å²) in [7, 11) is 0. The highest BCUT2D eigenvalue weighted by atomic mass is 79.9. The quantitative estimate of drug-likeness (QED) is 0.913. The average molecular weight is 270 g/mol. The van der Waals surface area contributed by atoms with Gasteiger partial charge < -0.3 is 9.84 Å². The van der Waals surface area contributed by atoms with Crippen molar-refractivity contribution in [2.75, 3.05) is 0 Å². The number of nitrogens with zero attached hydrogens (tertiary/aromatic N) is 1. The Hall–Kier alpha value is -1.54. The maximum atomic E-state index is 10.6. The van der Waals surface area contributed by atoms with Crippen molar-refractivity contribution >= 4 is 21.9 Å². The average Bonchev–Trinajstić information content (AvgIpc) is 2.18. The van der Waals surface area contributed by atoms with Crippen molar-refractivity contribution in [1.29, 1.82) is 5.26 Å². The van der Waals surface area contributed by atoms with Crippen LogP contribution in [0.1, 0.15) is 12.5 Å². The Balaban J connectivity index is 2.98. The topological polar surface area (TPSA) is 70.3 Å². The fourth-order valence-corrected chi connectivity index (χ4v) is 1.27. The van der Waals surface area contributed by atoms with Gasteiger partial charge in [-0.2, -0.15) is 5.26 Å². The summed E-state index contributed by atoms with van der Waals surface area (Å²) in [5.41, 5.74) is 0.311. The molecular weight excluding hydrogens is 262 g/mol. The summed E-state index contributed by atoms with van der Waals surface area (Å²) in [4.78, 5) is 10.6. The van der Waals surface area contributed by atoms with E-state index in [2.05, 4.69) is 15.9 Å². The molecule has 4 nitrogen and oxygen atoms in total. The van der Waals surface area contributed by atoms with Crippen LogP contribution in [0.5, 0.6) is 5.75 Å². The molecule has 0 aliphatic heterocycles. The molecule has 1 aromatic rings. The normalized spacial score (nSPS) is 11.5. The van der Waals surface area contributed by atoms with Gasteiger partial charge >= 0.3 is 5.97 Å². The molecule has 0 aromatic heterocycles. The first-order chi connectivity index (χ1) is 7.04. The van der Waals surface area contributed by atoms with Crippen LogP contribution in [0.2, 0.25) is 0 Å². The van der Waals surface area contributed by atoms with Crippen LogP contribution in [-0.2, 0) is 4.79 Å². The van der Waals surface area contributed by atoms with Crippen molar-refractivity contribution in [3.63, 3.8) is 0 Å². The molecule has 0 bridgehead atoms. The lowest BCUT2D eigenvalue weighted by Gasteiger charge is -2.11. The Kier molecular flexibility index (Phi) is 3.69. The van der Waals surface area contributed by atoms with E-state index in [1.54, 1.807) is 18.2 Å². The standard InChI is InChI=1S/C10H8BrNO3/c1-6(10(13)14)15-9-4-8(11)3-2-7(9)5-12/h2-4,6H,1H3,(H,13,14). The van der Waals surface area contributed by atoms with Crippen LogP contribution < -0.4 is 4.74 Å². The second-order valence-electron chi connectivity index (χ2n) is 2.85. The second-order valence-corrected chi connectivity index (χ2v) is 3.77. The minimum absolute atomic E-state index is 0.266. The number of hydrogen-bond donors (Lipinski definition) is 1. The fourth-order valence-electron chi connectivity index (χ4n) is 0.927. The zero-order valence-corrected chi connectivity index (χ0v) is 9.48. The van der Waals surface area contributed by atoms with E-state index in [9.17, 15) is 4.79 Å². The molecule has 0 saturated heterocycles. The number of benzene rings is 1. The van der Waals surface area contributed by atoms with Crippen molar-refractivity contribution in [2.45, 2.75) is 13.0 Å². The molecule has 0 aliphatic rings. The SMILES string of the molecule is CC(Oc1cc(Br)ccc1C#N)C(=O)O. The highest BCUT2D eigenvalue weighted by molar-refractivity contribution is 9.10. The predicted octanol–water partition coefficient (Wildman–Crippen LogP) is 2.17. The van der Waals surface area contributed by atoms with Crippen LogP contribution in [-0.4, -0.2) is 17.2 Å². The Morgan fingerprint density at radius 2 is 2.33 bits per heavy atom. The lowest BCUT2D eigenvalue weighted by Crippen LogP contribution is -2.23. The Morgan fingerprint density at radius 3 is 2.87 bits per heavy atom. The third kappa shape index (κ3) is 2.96. The summed E-state index contributed by atoms with van der Waals surface area (Å²) in [6.07, 6.45) is -0.980. The van der Waals surface area contributed by atoms with Gasteiger partial charge in [-0.1, -0.05) is 15.9 Å². The summed E-state index contributed by atoms with van der Waals surface area (Å²) in [5.74, 6) is -0.805. The zero-order valence-electron chi connectivity index (χ0n) is 7.90. The fraction of sp³-hybridized carbons (Fsp3) is 0.200. The molecule has 0 aliphatic carbocycles. The maximum absolute atomic E-state index is 10.6. The third-order valence-corrected chi connectivity index (χ3v) is 2.21. The van der Waals surface area contributed by atoms with Crippen LogP contribution in [0, 0.1) is 11.3 Å². The van der Waals surface area contributed by atoms with E-state index in [0.29, 0.717) is 5.56 Å². The maximum Gasteiger partial charge on any atom is 0.344 e. The van der Waals surface area contributed by atoms with Crippen molar-refractivity contribution in [2.24, 2.45) is 0 Å².